The summed E-state index contributed by atoms with van der Waals surface area (Å²) in [6.07, 6.45) is 1.09. The van der Waals surface area contributed by atoms with Crippen molar-refractivity contribution in [2.24, 2.45) is 10.2 Å². The molecule has 0 saturated carbocycles. The molecule has 0 amide bonds. The van der Waals surface area contributed by atoms with Gasteiger partial charge in [0.05, 0.1) is 17.1 Å². The smallest absolute Gasteiger partial charge is 0.335 e. The number of rotatable bonds is 5. The molecule has 0 unspecified atom stereocenters. The van der Waals surface area contributed by atoms with E-state index in [2.05, 4.69) is 42.7 Å². The third-order valence-corrected chi connectivity index (χ3v) is 4.52. The number of esters is 1. The molecule has 0 bridgehead atoms. The van der Waals surface area contributed by atoms with Crippen LogP contribution in [0, 0.1) is 6.92 Å². The molecule has 0 aliphatic carbocycles. The Balaban J connectivity index is 1.83. The highest BCUT2D eigenvalue weighted by molar-refractivity contribution is 5.83. The van der Waals surface area contributed by atoms with Crippen molar-refractivity contribution in [1.29, 1.82) is 0 Å². The van der Waals surface area contributed by atoms with Gasteiger partial charge < -0.3 is 4.74 Å². The number of aryl methyl sites for hydroxylation is 1. The van der Waals surface area contributed by atoms with Gasteiger partial charge in [-0.2, -0.15) is 5.11 Å². The molecule has 1 heterocycles. The Morgan fingerprint density at radius 1 is 1.07 bits per heavy atom. The molecule has 1 aromatic heterocycles. The van der Waals surface area contributed by atoms with Gasteiger partial charge in [-0.05, 0) is 54.3 Å². The summed E-state index contributed by atoms with van der Waals surface area (Å²) >= 11 is 0. The SMILES string of the molecule is C=CC(=O)Oc1ccc(/N=N/c2c(C)[nH]n(-c3ccc(C(C)(C)C)cc3)c2=O)cc1. The van der Waals surface area contributed by atoms with Crippen LogP contribution in [0.15, 0.2) is 76.2 Å². The van der Waals surface area contributed by atoms with Crippen molar-refractivity contribution in [3.63, 3.8) is 0 Å². The number of nitrogens with zero attached hydrogens (tertiary/aromatic N) is 3. The third kappa shape index (κ3) is 4.63. The van der Waals surface area contributed by atoms with Crippen LogP contribution in [0.2, 0.25) is 0 Å². The summed E-state index contributed by atoms with van der Waals surface area (Å²) in [5.74, 6) is -0.166. The van der Waals surface area contributed by atoms with Crippen LogP contribution in [0.3, 0.4) is 0 Å². The minimum Gasteiger partial charge on any atom is -0.423 e. The van der Waals surface area contributed by atoms with E-state index in [0.29, 0.717) is 17.1 Å². The molecule has 0 aliphatic heterocycles. The van der Waals surface area contributed by atoms with Crippen LogP contribution in [-0.4, -0.2) is 15.7 Å². The third-order valence-electron chi connectivity index (χ3n) is 4.52. The van der Waals surface area contributed by atoms with Gasteiger partial charge in [0.2, 0.25) is 0 Å². The molecule has 2 aromatic carbocycles. The number of benzene rings is 2. The highest BCUT2D eigenvalue weighted by Gasteiger charge is 2.15. The van der Waals surface area contributed by atoms with E-state index in [-0.39, 0.29) is 16.7 Å². The number of hydrogen-bond donors (Lipinski definition) is 1. The van der Waals surface area contributed by atoms with Gasteiger partial charge in [-0.3, -0.25) is 9.89 Å². The van der Waals surface area contributed by atoms with Gasteiger partial charge in [-0.25, -0.2) is 9.48 Å². The Morgan fingerprint density at radius 3 is 2.27 bits per heavy atom. The van der Waals surface area contributed by atoms with E-state index in [1.54, 1.807) is 31.2 Å². The molecular weight excluding hydrogens is 380 g/mol. The lowest BCUT2D eigenvalue weighted by Gasteiger charge is -2.19. The fraction of sp³-hybridized carbons (Fsp3) is 0.217. The first kappa shape index (κ1) is 21.0. The molecule has 0 spiro atoms. The summed E-state index contributed by atoms with van der Waals surface area (Å²) in [5.41, 5.74) is 3.03. The Bertz CT molecular complexity index is 1150. The standard InChI is InChI=1S/C23H24N4O3/c1-6-20(28)30-19-13-9-17(10-14-19)24-25-21-15(2)26-27(22(21)29)18-11-7-16(8-12-18)23(3,4)5/h6-14,26H,1H2,2-5H3/b25-24+. The molecule has 0 saturated heterocycles. The number of hydrogen-bond acceptors (Lipinski definition) is 5. The lowest BCUT2D eigenvalue weighted by atomic mass is 9.87. The van der Waals surface area contributed by atoms with Crippen molar-refractivity contribution in [2.45, 2.75) is 33.1 Å². The normalized spacial score (nSPS) is 11.6. The number of azo groups is 1. The van der Waals surface area contributed by atoms with Crippen LogP contribution in [0.4, 0.5) is 11.4 Å². The second kappa shape index (κ2) is 8.32. The first-order chi connectivity index (χ1) is 14.2. The maximum absolute atomic E-state index is 12.8. The molecule has 0 radical (unpaired) electrons. The molecule has 0 aliphatic rings. The number of ether oxygens (including phenoxy) is 1. The first-order valence-electron chi connectivity index (χ1n) is 9.47. The fourth-order valence-corrected chi connectivity index (χ4v) is 2.79. The van der Waals surface area contributed by atoms with Crippen LogP contribution in [0.25, 0.3) is 5.69 Å². The second-order valence-electron chi connectivity index (χ2n) is 7.84. The highest BCUT2D eigenvalue weighted by Crippen LogP contribution is 2.24. The Morgan fingerprint density at radius 2 is 1.70 bits per heavy atom. The Kier molecular flexibility index (Phi) is 5.82. The van der Waals surface area contributed by atoms with Gasteiger partial charge in [0.15, 0.2) is 5.69 Å². The second-order valence-corrected chi connectivity index (χ2v) is 7.84. The molecule has 0 atom stereocenters. The Labute approximate surface area is 174 Å². The van der Waals surface area contributed by atoms with Crippen LogP contribution in [0.1, 0.15) is 32.0 Å². The molecule has 7 nitrogen and oxygen atoms in total. The Hall–Kier alpha value is -3.74. The lowest BCUT2D eigenvalue weighted by molar-refractivity contribution is -0.128. The van der Waals surface area contributed by atoms with Gasteiger partial charge in [0, 0.05) is 6.08 Å². The van der Waals surface area contributed by atoms with Crippen LogP contribution < -0.4 is 10.3 Å². The zero-order chi connectivity index (χ0) is 21.9. The van der Waals surface area contributed by atoms with Gasteiger partial charge in [-0.15, -0.1) is 5.11 Å². The molecule has 154 valence electrons. The maximum atomic E-state index is 12.8. The van der Waals surface area contributed by atoms with Gasteiger partial charge in [-0.1, -0.05) is 39.5 Å². The molecular formula is C23H24N4O3. The highest BCUT2D eigenvalue weighted by atomic mass is 16.5. The van der Waals surface area contributed by atoms with E-state index in [4.69, 9.17) is 4.74 Å². The largest absolute Gasteiger partial charge is 0.423 e. The summed E-state index contributed by atoms with van der Waals surface area (Å²) in [4.78, 5) is 24.0. The van der Waals surface area contributed by atoms with E-state index in [1.807, 2.05) is 24.3 Å². The number of aromatic amines is 1. The van der Waals surface area contributed by atoms with E-state index in [0.717, 1.165) is 11.8 Å². The van der Waals surface area contributed by atoms with Crippen molar-refractivity contribution in [3.8, 4) is 11.4 Å². The predicted octanol–water partition coefficient (Wildman–Crippen LogP) is 5.28. The van der Waals surface area contributed by atoms with Crippen molar-refractivity contribution in [2.75, 3.05) is 0 Å². The average molecular weight is 404 g/mol. The van der Waals surface area contributed by atoms with Crippen molar-refractivity contribution < 1.29 is 9.53 Å². The van der Waals surface area contributed by atoms with E-state index in [9.17, 15) is 9.59 Å². The summed E-state index contributed by atoms with van der Waals surface area (Å²) in [6.45, 7) is 11.5. The van der Waals surface area contributed by atoms with Crippen molar-refractivity contribution >= 4 is 17.3 Å². The van der Waals surface area contributed by atoms with Crippen LogP contribution >= 0.6 is 0 Å². The number of H-pyrrole nitrogens is 1. The van der Waals surface area contributed by atoms with Gasteiger partial charge in [0.1, 0.15) is 5.75 Å². The summed E-state index contributed by atoms with van der Waals surface area (Å²) in [7, 11) is 0. The quantitative estimate of drug-likeness (QED) is 0.272. The van der Waals surface area contributed by atoms with Crippen LogP contribution in [-0.2, 0) is 10.2 Å². The minimum absolute atomic E-state index is 0.0358. The topological polar surface area (TPSA) is 88.8 Å². The molecule has 0 fully saturated rings. The van der Waals surface area contributed by atoms with Crippen LogP contribution in [0.5, 0.6) is 5.75 Å². The number of aromatic nitrogens is 2. The fourth-order valence-electron chi connectivity index (χ4n) is 2.79. The van der Waals surface area contributed by atoms with E-state index in [1.165, 1.54) is 10.2 Å². The van der Waals surface area contributed by atoms with E-state index >= 15 is 0 Å². The molecule has 1 N–H and O–H groups in total. The molecule has 3 rings (SSSR count). The number of carbonyl (C=O) groups is 1. The lowest BCUT2D eigenvalue weighted by Crippen LogP contribution is -2.15. The number of carbonyl (C=O) groups excluding carboxylic acids is 1. The summed E-state index contributed by atoms with van der Waals surface area (Å²) in [6, 6.07) is 14.3. The minimum atomic E-state index is -0.539. The average Bonchev–Trinajstić information content (AvgIpc) is 3.00. The monoisotopic (exact) mass is 404 g/mol. The number of nitrogens with one attached hydrogen (secondary N) is 1. The van der Waals surface area contributed by atoms with Crippen molar-refractivity contribution in [1.82, 2.24) is 9.78 Å². The predicted molar refractivity (Wildman–Crippen MR) is 116 cm³/mol. The van der Waals surface area contributed by atoms with Gasteiger partial charge >= 0.3 is 5.97 Å². The zero-order valence-electron chi connectivity index (χ0n) is 17.5. The maximum Gasteiger partial charge on any atom is 0.335 e. The van der Waals surface area contributed by atoms with Gasteiger partial charge in [0.25, 0.3) is 5.56 Å². The molecule has 30 heavy (non-hydrogen) atoms. The molecule has 7 heteroatoms. The molecule has 3 aromatic rings. The first-order valence-corrected chi connectivity index (χ1v) is 9.47. The zero-order valence-corrected chi connectivity index (χ0v) is 17.5. The van der Waals surface area contributed by atoms with E-state index < -0.39 is 5.97 Å². The summed E-state index contributed by atoms with van der Waals surface area (Å²) in [5, 5.41) is 11.3. The van der Waals surface area contributed by atoms with Crippen molar-refractivity contribution in [3.05, 3.63) is 82.8 Å². The summed E-state index contributed by atoms with van der Waals surface area (Å²) < 4.78 is 6.47.